The molecule has 0 saturated carbocycles. The van der Waals surface area contributed by atoms with E-state index in [4.69, 9.17) is 10.5 Å². The molecule has 0 aliphatic carbocycles. The van der Waals surface area contributed by atoms with Gasteiger partial charge in [-0.2, -0.15) is 0 Å². The van der Waals surface area contributed by atoms with Crippen LogP contribution in [0.5, 0.6) is 5.75 Å². The second kappa shape index (κ2) is 6.45. The Morgan fingerprint density at radius 1 is 1.46 bits per heavy atom. The fourth-order valence-electron chi connectivity index (χ4n) is 0.944. The van der Waals surface area contributed by atoms with Crippen molar-refractivity contribution in [2.75, 3.05) is 13.2 Å². The van der Waals surface area contributed by atoms with Gasteiger partial charge >= 0.3 is 0 Å². The largest absolute Gasteiger partial charge is 0.492 e. The van der Waals surface area contributed by atoms with E-state index in [1.165, 1.54) is 3.57 Å². The number of nitrogens with two attached hydrogens (primary N) is 1. The van der Waals surface area contributed by atoms with Gasteiger partial charge in [0.05, 0.1) is 0 Å². The summed E-state index contributed by atoms with van der Waals surface area (Å²) in [6.45, 7) is 3.18. The predicted molar refractivity (Wildman–Crippen MR) is 65.7 cm³/mol. The lowest BCUT2D eigenvalue weighted by molar-refractivity contribution is 0.326. The highest BCUT2D eigenvalue weighted by molar-refractivity contribution is 14.1. The minimum absolute atomic E-state index is 0. The van der Waals surface area contributed by atoms with Crippen molar-refractivity contribution in [2.24, 2.45) is 5.73 Å². The summed E-state index contributed by atoms with van der Waals surface area (Å²) in [7, 11) is 0. The van der Waals surface area contributed by atoms with E-state index >= 15 is 0 Å². The summed E-state index contributed by atoms with van der Waals surface area (Å²) < 4.78 is 6.64. The Balaban J connectivity index is 0.00000144. The Morgan fingerprint density at radius 2 is 2.15 bits per heavy atom. The molecule has 4 heteroatoms. The number of aryl methyl sites for hydroxylation is 1. The first kappa shape index (κ1) is 13.0. The van der Waals surface area contributed by atoms with Crippen LogP contribution in [-0.2, 0) is 0 Å². The summed E-state index contributed by atoms with van der Waals surface area (Å²) in [6, 6.07) is 6.10. The number of rotatable bonds is 3. The number of hydrogen-bond donors (Lipinski definition) is 1. The third-order valence-electron chi connectivity index (χ3n) is 1.51. The number of ether oxygens (including phenoxy) is 1. The van der Waals surface area contributed by atoms with Crippen molar-refractivity contribution in [3.8, 4) is 5.75 Å². The maximum absolute atomic E-state index is 5.41. The number of halogens is 2. The maximum atomic E-state index is 5.41. The highest BCUT2D eigenvalue weighted by Gasteiger charge is 1.98. The molecule has 0 fully saturated rings. The van der Waals surface area contributed by atoms with Gasteiger partial charge in [-0.3, -0.25) is 0 Å². The summed E-state index contributed by atoms with van der Waals surface area (Å²) in [4.78, 5) is 0. The van der Waals surface area contributed by atoms with E-state index < -0.39 is 0 Å². The lowest BCUT2D eigenvalue weighted by Gasteiger charge is -2.07. The molecule has 0 heterocycles. The Kier molecular flexibility index (Phi) is 6.45. The smallest absolute Gasteiger partial charge is 0.122 e. The van der Waals surface area contributed by atoms with Crippen molar-refractivity contribution in [3.63, 3.8) is 0 Å². The van der Waals surface area contributed by atoms with Crippen LogP contribution in [0.25, 0.3) is 0 Å². The van der Waals surface area contributed by atoms with Gasteiger partial charge in [-0.1, -0.05) is 0 Å². The molecule has 0 aromatic heterocycles. The van der Waals surface area contributed by atoms with Gasteiger partial charge in [-0.15, -0.1) is 12.4 Å². The molecule has 1 aromatic carbocycles. The fourth-order valence-corrected chi connectivity index (χ4v) is 1.59. The Labute approximate surface area is 98.4 Å². The van der Waals surface area contributed by atoms with Gasteiger partial charge in [0.2, 0.25) is 0 Å². The van der Waals surface area contributed by atoms with Crippen molar-refractivity contribution in [3.05, 3.63) is 27.3 Å². The lowest BCUT2D eigenvalue weighted by Crippen LogP contribution is -2.11. The van der Waals surface area contributed by atoms with Gasteiger partial charge in [0.25, 0.3) is 0 Å². The predicted octanol–water partition coefficient (Wildman–Crippen LogP) is 2.36. The highest BCUT2D eigenvalue weighted by Crippen LogP contribution is 2.19. The number of hydrogen-bond acceptors (Lipinski definition) is 2. The average Bonchev–Trinajstić information content (AvgIpc) is 2.03. The van der Waals surface area contributed by atoms with Gasteiger partial charge in [-0.05, 0) is 53.3 Å². The molecule has 0 spiro atoms. The molecule has 0 atom stereocenters. The Morgan fingerprint density at radius 3 is 2.69 bits per heavy atom. The Bertz CT molecular complexity index is 268. The second-order valence-electron chi connectivity index (χ2n) is 2.55. The monoisotopic (exact) mass is 313 g/mol. The molecule has 13 heavy (non-hydrogen) atoms. The summed E-state index contributed by atoms with van der Waals surface area (Å²) in [5, 5.41) is 0. The van der Waals surface area contributed by atoms with Crippen LogP contribution in [0.3, 0.4) is 0 Å². The van der Waals surface area contributed by atoms with E-state index in [0.717, 1.165) is 11.3 Å². The molecule has 1 rings (SSSR count). The first-order valence-electron chi connectivity index (χ1n) is 3.83. The zero-order valence-electron chi connectivity index (χ0n) is 7.42. The third-order valence-corrected chi connectivity index (χ3v) is 2.18. The quantitative estimate of drug-likeness (QED) is 0.870. The normalized spacial score (nSPS) is 9.15. The van der Waals surface area contributed by atoms with Crippen LogP contribution in [0.4, 0.5) is 0 Å². The molecule has 0 radical (unpaired) electrons. The van der Waals surface area contributed by atoms with Crippen LogP contribution in [0.2, 0.25) is 0 Å². The van der Waals surface area contributed by atoms with Crippen LogP contribution >= 0.6 is 35.0 Å². The first-order chi connectivity index (χ1) is 5.74. The topological polar surface area (TPSA) is 35.2 Å². The summed E-state index contributed by atoms with van der Waals surface area (Å²) in [6.07, 6.45) is 0. The van der Waals surface area contributed by atoms with Crippen molar-refractivity contribution in [1.29, 1.82) is 0 Å². The highest BCUT2D eigenvalue weighted by atomic mass is 127. The SMILES string of the molecule is Cc1cc(I)ccc1OCCN.Cl. The second-order valence-corrected chi connectivity index (χ2v) is 3.79. The van der Waals surface area contributed by atoms with E-state index in [2.05, 4.69) is 28.7 Å². The minimum atomic E-state index is 0. The van der Waals surface area contributed by atoms with E-state index in [9.17, 15) is 0 Å². The molecular formula is C9H13ClINO. The van der Waals surface area contributed by atoms with E-state index in [-0.39, 0.29) is 12.4 Å². The molecule has 1 aromatic rings. The summed E-state index contributed by atoms with van der Waals surface area (Å²) in [5.74, 6) is 0.931. The van der Waals surface area contributed by atoms with Crippen LogP contribution in [0, 0.1) is 10.5 Å². The minimum Gasteiger partial charge on any atom is -0.492 e. The van der Waals surface area contributed by atoms with Crippen molar-refractivity contribution in [1.82, 2.24) is 0 Å². The third kappa shape index (κ3) is 4.15. The van der Waals surface area contributed by atoms with E-state index in [0.29, 0.717) is 13.2 Å². The zero-order chi connectivity index (χ0) is 8.97. The van der Waals surface area contributed by atoms with E-state index in [1.807, 2.05) is 19.1 Å². The molecule has 0 amide bonds. The summed E-state index contributed by atoms with van der Waals surface area (Å²) in [5.41, 5.74) is 6.49. The van der Waals surface area contributed by atoms with Crippen LogP contribution in [-0.4, -0.2) is 13.2 Å². The first-order valence-corrected chi connectivity index (χ1v) is 4.91. The molecular weight excluding hydrogens is 300 g/mol. The molecule has 0 bridgehead atoms. The zero-order valence-corrected chi connectivity index (χ0v) is 10.4. The molecule has 0 aliphatic rings. The number of benzene rings is 1. The maximum Gasteiger partial charge on any atom is 0.122 e. The van der Waals surface area contributed by atoms with Gasteiger partial charge in [0.1, 0.15) is 12.4 Å². The van der Waals surface area contributed by atoms with Crippen molar-refractivity contribution < 1.29 is 4.74 Å². The van der Waals surface area contributed by atoms with E-state index in [1.54, 1.807) is 0 Å². The fraction of sp³-hybridized carbons (Fsp3) is 0.333. The van der Waals surface area contributed by atoms with Crippen LogP contribution < -0.4 is 10.5 Å². The summed E-state index contributed by atoms with van der Waals surface area (Å²) >= 11 is 2.28. The van der Waals surface area contributed by atoms with Gasteiger partial charge in [-0.25, -0.2) is 0 Å². The van der Waals surface area contributed by atoms with Crippen molar-refractivity contribution in [2.45, 2.75) is 6.92 Å². The van der Waals surface area contributed by atoms with Crippen molar-refractivity contribution >= 4 is 35.0 Å². The van der Waals surface area contributed by atoms with Gasteiger partial charge in [0.15, 0.2) is 0 Å². The standard InChI is InChI=1S/C9H12INO.ClH/c1-7-6-8(10)2-3-9(7)12-5-4-11;/h2-3,6H,4-5,11H2,1H3;1H. The van der Waals surface area contributed by atoms with Crippen LogP contribution in [0.15, 0.2) is 18.2 Å². The molecule has 0 aliphatic heterocycles. The molecule has 2 nitrogen and oxygen atoms in total. The van der Waals surface area contributed by atoms with Gasteiger partial charge < -0.3 is 10.5 Å². The molecule has 0 saturated heterocycles. The Hall–Kier alpha value is -0.0000000000000000555. The lowest BCUT2D eigenvalue weighted by atomic mass is 10.2. The van der Waals surface area contributed by atoms with Crippen LogP contribution in [0.1, 0.15) is 5.56 Å². The molecule has 2 N–H and O–H groups in total. The molecule has 74 valence electrons. The average molecular weight is 314 g/mol. The van der Waals surface area contributed by atoms with Gasteiger partial charge in [0, 0.05) is 10.1 Å². The molecule has 0 unspecified atom stereocenters.